The molecule has 0 unspecified atom stereocenters. The summed E-state index contributed by atoms with van der Waals surface area (Å²) in [5.41, 5.74) is 1.70. The Morgan fingerprint density at radius 2 is 1.60 bits per heavy atom. The first-order chi connectivity index (χ1) is 14.5. The zero-order valence-corrected chi connectivity index (χ0v) is 18.6. The van der Waals surface area contributed by atoms with Gasteiger partial charge < -0.3 is 18.9 Å². The quantitative estimate of drug-likeness (QED) is 0.632. The highest BCUT2D eigenvalue weighted by Gasteiger charge is 2.37. The predicted octanol–water partition coefficient (Wildman–Crippen LogP) is 3.92. The highest BCUT2D eigenvalue weighted by Crippen LogP contribution is 2.40. The molecule has 1 amide bonds. The highest BCUT2D eigenvalue weighted by atomic mass is 32.2. The number of thioether (sulfide) groups is 1. The van der Waals surface area contributed by atoms with Crippen LogP contribution < -0.4 is 18.9 Å². The summed E-state index contributed by atoms with van der Waals surface area (Å²) in [6, 6.07) is 11.2. The van der Waals surface area contributed by atoms with E-state index in [4.69, 9.17) is 18.9 Å². The number of carbonyl (C=O) groups is 1. The minimum Gasteiger partial charge on any atom is -0.497 e. The monoisotopic (exact) mass is 430 g/mol. The summed E-state index contributed by atoms with van der Waals surface area (Å²) < 4.78 is 21.4. The lowest BCUT2D eigenvalue weighted by Gasteiger charge is -2.15. The van der Waals surface area contributed by atoms with Gasteiger partial charge in [0.2, 0.25) is 11.7 Å². The third-order valence-corrected chi connectivity index (χ3v) is 5.95. The van der Waals surface area contributed by atoms with Crippen molar-refractivity contribution in [1.29, 1.82) is 0 Å². The lowest BCUT2D eigenvalue weighted by atomic mass is 10.1. The van der Waals surface area contributed by atoms with E-state index in [1.165, 1.54) is 11.8 Å². The van der Waals surface area contributed by atoms with Crippen molar-refractivity contribution in [2.75, 3.05) is 35.0 Å². The Morgan fingerprint density at radius 1 is 0.967 bits per heavy atom. The second-order valence-corrected chi connectivity index (χ2v) is 7.69. The molecule has 0 bridgehead atoms. The van der Waals surface area contributed by atoms with E-state index in [2.05, 4.69) is 4.99 Å². The van der Waals surface area contributed by atoms with Crippen molar-refractivity contribution in [3.63, 3.8) is 0 Å². The van der Waals surface area contributed by atoms with Crippen LogP contribution in [0.4, 0.5) is 5.69 Å². The molecule has 0 aliphatic carbocycles. The molecular formula is C22H26N2O5S. The van der Waals surface area contributed by atoms with E-state index in [-0.39, 0.29) is 11.2 Å². The molecule has 0 saturated carbocycles. The molecule has 1 fully saturated rings. The van der Waals surface area contributed by atoms with Gasteiger partial charge >= 0.3 is 0 Å². The summed E-state index contributed by atoms with van der Waals surface area (Å²) in [6.07, 6.45) is 0.526. The number of nitrogens with zero attached hydrogens (tertiary/aromatic N) is 2. The average Bonchev–Trinajstić information content (AvgIpc) is 3.07. The Labute approximate surface area is 181 Å². The fourth-order valence-electron chi connectivity index (χ4n) is 3.25. The smallest absolute Gasteiger partial charge is 0.242 e. The van der Waals surface area contributed by atoms with Crippen LogP contribution in [0.1, 0.15) is 12.5 Å². The second-order valence-electron chi connectivity index (χ2n) is 6.52. The topological polar surface area (TPSA) is 69.6 Å². The fourth-order valence-corrected chi connectivity index (χ4v) is 4.51. The van der Waals surface area contributed by atoms with Crippen molar-refractivity contribution in [3.8, 4) is 23.0 Å². The third kappa shape index (κ3) is 4.48. The number of ether oxygens (including phenoxy) is 4. The van der Waals surface area contributed by atoms with Gasteiger partial charge in [0.15, 0.2) is 16.7 Å². The predicted molar refractivity (Wildman–Crippen MR) is 119 cm³/mol. The van der Waals surface area contributed by atoms with Crippen LogP contribution in [-0.2, 0) is 11.2 Å². The Kier molecular flexibility index (Phi) is 7.10. The molecular weight excluding hydrogens is 404 g/mol. The van der Waals surface area contributed by atoms with Gasteiger partial charge in [0.25, 0.3) is 0 Å². The van der Waals surface area contributed by atoms with Crippen LogP contribution in [-0.4, -0.2) is 56.2 Å². The zero-order chi connectivity index (χ0) is 21.7. The number of rotatable bonds is 8. The maximum Gasteiger partial charge on any atom is 0.242 e. The number of methoxy groups -OCH3 is 4. The summed E-state index contributed by atoms with van der Waals surface area (Å²) in [5, 5.41) is 0.426. The van der Waals surface area contributed by atoms with Crippen LogP contribution in [0, 0.1) is 0 Å². The SMILES string of the molecule is CCN1C(=O)[C@@H](Cc2cc(OC)c(OC)c(OC)c2)SC1=Nc1ccc(OC)cc1. The summed E-state index contributed by atoms with van der Waals surface area (Å²) >= 11 is 1.47. The van der Waals surface area contributed by atoms with Crippen LogP contribution in [0.5, 0.6) is 23.0 Å². The van der Waals surface area contributed by atoms with Gasteiger partial charge in [-0.15, -0.1) is 0 Å². The number of hydrogen-bond donors (Lipinski definition) is 0. The van der Waals surface area contributed by atoms with Gasteiger partial charge in [0, 0.05) is 6.54 Å². The van der Waals surface area contributed by atoms with E-state index in [1.54, 1.807) is 33.3 Å². The van der Waals surface area contributed by atoms with Crippen LogP contribution >= 0.6 is 11.8 Å². The average molecular weight is 431 g/mol. The number of hydrogen-bond acceptors (Lipinski definition) is 7. The molecule has 0 aromatic heterocycles. The Balaban J connectivity index is 1.85. The van der Waals surface area contributed by atoms with Crippen LogP contribution in [0.3, 0.4) is 0 Å². The maximum absolute atomic E-state index is 13.0. The summed E-state index contributed by atoms with van der Waals surface area (Å²) in [5.74, 6) is 2.49. The molecule has 0 N–H and O–H groups in total. The molecule has 3 rings (SSSR count). The van der Waals surface area contributed by atoms with Crippen molar-refractivity contribution in [1.82, 2.24) is 4.90 Å². The van der Waals surface area contributed by atoms with Crippen LogP contribution in [0.2, 0.25) is 0 Å². The summed E-state index contributed by atoms with van der Waals surface area (Å²) in [4.78, 5) is 19.4. The molecule has 30 heavy (non-hydrogen) atoms. The molecule has 1 heterocycles. The molecule has 8 heteroatoms. The standard InChI is InChI=1S/C22H26N2O5S/c1-6-24-21(25)19(30-22(24)23-15-7-9-16(26-2)10-8-15)13-14-11-17(27-3)20(29-5)18(12-14)28-4/h7-12,19H,6,13H2,1-5H3/t19-/m1/s1. The number of aliphatic imine (C=N–C) groups is 1. The Hall–Kier alpha value is -2.87. The molecule has 1 atom stereocenters. The van der Waals surface area contributed by atoms with E-state index < -0.39 is 0 Å². The van der Waals surface area contributed by atoms with Crippen molar-refractivity contribution in [3.05, 3.63) is 42.0 Å². The van der Waals surface area contributed by atoms with Gasteiger partial charge in [-0.3, -0.25) is 9.69 Å². The van der Waals surface area contributed by atoms with E-state index in [9.17, 15) is 4.79 Å². The normalized spacial score (nSPS) is 17.4. The summed E-state index contributed by atoms with van der Waals surface area (Å²) in [7, 11) is 6.35. The van der Waals surface area contributed by atoms with Crippen LogP contribution in [0.15, 0.2) is 41.4 Å². The largest absolute Gasteiger partial charge is 0.497 e. The molecule has 1 aliphatic rings. The first-order valence-corrected chi connectivity index (χ1v) is 10.4. The minimum absolute atomic E-state index is 0.0449. The number of amides is 1. The Morgan fingerprint density at radius 3 is 2.10 bits per heavy atom. The van der Waals surface area contributed by atoms with Gasteiger partial charge in [-0.2, -0.15) is 0 Å². The lowest BCUT2D eigenvalue weighted by Crippen LogP contribution is -2.32. The highest BCUT2D eigenvalue weighted by molar-refractivity contribution is 8.15. The van der Waals surface area contributed by atoms with Gasteiger partial charge in [0.1, 0.15) is 5.75 Å². The molecule has 160 valence electrons. The first kappa shape index (κ1) is 21.8. The third-order valence-electron chi connectivity index (χ3n) is 4.78. The van der Waals surface area contributed by atoms with E-state index in [1.807, 2.05) is 43.3 Å². The van der Waals surface area contributed by atoms with Gasteiger partial charge in [-0.25, -0.2) is 4.99 Å². The fraction of sp³-hybridized carbons (Fsp3) is 0.364. The number of benzene rings is 2. The maximum atomic E-state index is 13.0. The zero-order valence-electron chi connectivity index (χ0n) is 17.8. The van der Waals surface area contributed by atoms with Crippen molar-refractivity contribution in [2.24, 2.45) is 4.99 Å². The van der Waals surface area contributed by atoms with E-state index in [0.717, 1.165) is 17.0 Å². The second kappa shape index (κ2) is 9.75. The summed E-state index contributed by atoms with van der Waals surface area (Å²) in [6.45, 7) is 2.51. The molecule has 0 spiro atoms. The van der Waals surface area contributed by atoms with Gasteiger partial charge in [-0.1, -0.05) is 11.8 Å². The molecule has 0 radical (unpaired) electrons. The minimum atomic E-state index is -0.273. The van der Waals surface area contributed by atoms with Crippen LogP contribution in [0.25, 0.3) is 0 Å². The van der Waals surface area contributed by atoms with Crippen molar-refractivity contribution < 1.29 is 23.7 Å². The molecule has 2 aromatic carbocycles. The number of amidine groups is 1. The first-order valence-electron chi connectivity index (χ1n) is 9.54. The van der Waals surface area contributed by atoms with Crippen molar-refractivity contribution >= 4 is 28.5 Å². The Bertz CT molecular complexity index is 905. The van der Waals surface area contributed by atoms with Gasteiger partial charge in [0.05, 0.1) is 39.4 Å². The molecule has 2 aromatic rings. The van der Waals surface area contributed by atoms with E-state index >= 15 is 0 Å². The van der Waals surface area contributed by atoms with Gasteiger partial charge in [-0.05, 0) is 55.3 Å². The number of carbonyl (C=O) groups excluding carboxylic acids is 1. The van der Waals surface area contributed by atoms with E-state index in [0.29, 0.717) is 35.4 Å². The van der Waals surface area contributed by atoms with Crippen molar-refractivity contribution in [2.45, 2.75) is 18.6 Å². The lowest BCUT2D eigenvalue weighted by molar-refractivity contribution is -0.126. The molecule has 1 saturated heterocycles. The molecule has 1 aliphatic heterocycles. The molecule has 7 nitrogen and oxygen atoms in total.